The van der Waals surface area contributed by atoms with Crippen LogP contribution in [0.5, 0.6) is 0 Å². The second-order valence-corrected chi connectivity index (χ2v) is 8.75. The fourth-order valence-corrected chi connectivity index (χ4v) is 6.31. The highest BCUT2D eigenvalue weighted by molar-refractivity contribution is 8.03. The fraction of sp³-hybridized carbons (Fsp3) is 0.842. The smallest absolute Gasteiger partial charge is 0.230 e. The maximum atomic E-state index is 13.1. The van der Waals surface area contributed by atoms with Crippen molar-refractivity contribution in [3.8, 4) is 0 Å². The van der Waals surface area contributed by atoms with E-state index in [0.717, 1.165) is 44.3 Å². The number of nitrogens with zero attached hydrogens (tertiary/aromatic N) is 1. The van der Waals surface area contributed by atoms with E-state index < -0.39 is 0 Å². The van der Waals surface area contributed by atoms with Gasteiger partial charge >= 0.3 is 0 Å². The number of amides is 1. The molecule has 0 aromatic heterocycles. The summed E-state index contributed by atoms with van der Waals surface area (Å²) in [4.78, 5) is 16.9. The third-order valence-corrected chi connectivity index (χ3v) is 7.59. The molecular formula is C19H29NO2S. The van der Waals surface area contributed by atoms with Gasteiger partial charge in [0, 0.05) is 31.6 Å². The molecule has 1 aliphatic carbocycles. The Morgan fingerprint density at radius 3 is 2.74 bits per heavy atom. The van der Waals surface area contributed by atoms with Crippen molar-refractivity contribution in [1.29, 1.82) is 0 Å². The summed E-state index contributed by atoms with van der Waals surface area (Å²) in [7, 11) is 0. The highest BCUT2D eigenvalue weighted by Gasteiger charge is 2.39. The van der Waals surface area contributed by atoms with Gasteiger partial charge in [0.15, 0.2) is 0 Å². The number of hydrogen-bond donors (Lipinski definition) is 0. The number of carbonyl (C=O) groups excluding carboxylic acids is 1. The van der Waals surface area contributed by atoms with Crippen LogP contribution in [0.3, 0.4) is 0 Å². The number of hydrogen-bond acceptors (Lipinski definition) is 3. The maximum absolute atomic E-state index is 13.1. The van der Waals surface area contributed by atoms with E-state index in [2.05, 4.69) is 11.0 Å². The number of allylic oxidation sites excluding steroid dienone is 1. The normalized spacial score (nSPS) is 35.7. The summed E-state index contributed by atoms with van der Waals surface area (Å²) in [6.07, 6.45) is 12.4. The zero-order chi connectivity index (χ0) is 15.6. The van der Waals surface area contributed by atoms with Gasteiger partial charge in [-0.05, 0) is 55.3 Å². The second kappa shape index (κ2) is 7.18. The van der Waals surface area contributed by atoms with Crippen LogP contribution in [0, 0.1) is 17.8 Å². The summed E-state index contributed by atoms with van der Waals surface area (Å²) in [5.41, 5.74) is 0. The van der Waals surface area contributed by atoms with Gasteiger partial charge in [0.05, 0.1) is 5.92 Å². The van der Waals surface area contributed by atoms with Gasteiger partial charge in [-0.1, -0.05) is 18.9 Å². The predicted molar refractivity (Wildman–Crippen MR) is 94.3 cm³/mol. The molecule has 2 saturated heterocycles. The van der Waals surface area contributed by atoms with E-state index >= 15 is 0 Å². The Hall–Kier alpha value is -0.480. The summed E-state index contributed by atoms with van der Waals surface area (Å²) in [6, 6.07) is 0.551. The van der Waals surface area contributed by atoms with Crippen molar-refractivity contribution in [2.24, 2.45) is 17.8 Å². The van der Waals surface area contributed by atoms with Crippen molar-refractivity contribution in [2.75, 3.05) is 25.5 Å². The van der Waals surface area contributed by atoms with Gasteiger partial charge in [-0.25, -0.2) is 0 Å². The Bertz CT molecular complexity index is 470. The number of carbonyl (C=O) groups is 1. The molecule has 128 valence electrons. The van der Waals surface area contributed by atoms with Crippen molar-refractivity contribution < 1.29 is 9.53 Å². The minimum atomic E-state index is 0.138. The van der Waals surface area contributed by atoms with Gasteiger partial charge in [-0.3, -0.25) is 4.79 Å². The van der Waals surface area contributed by atoms with Crippen LogP contribution >= 0.6 is 11.8 Å². The Kier molecular flexibility index (Phi) is 5.00. The quantitative estimate of drug-likeness (QED) is 0.768. The molecule has 3 unspecified atom stereocenters. The van der Waals surface area contributed by atoms with Crippen LogP contribution in [-0.2, 0) is 9.53 Å². The minimum Gasteiger partial charge on any atom is -0.381 e. The van der Waals surface area contributed by atoms with Gasteiger partial charge in [-0.15, -0.1) is 11.8 Å². The molecule has 3 aliphatic heterocycles. The van der Waals surface area contributed by atoms with E-state index in [4.69, 9.17) is 4.74 Å². The monoisotopic (exact) mass is 335 g/mol. The molecule has 1 saturated carbocycles. The zero-order valence-electron chi connectivity index (χ0n) is 14.0. The lowest BCUT2D eigenvalue weighted by molar-refractivity contribution is -0.139. The topological polar surface area (TPSA) is 29.5 Å². The number of likely N-dealkylation sites (tertiary alicyclic amines) is 1. The third-order valence-electron chi connectivity index (χ3n) is 6.26. The maximum Gasteiger partial charge on any atom is 0.230 e. The first-order valence-electron chi connectivity index (χ1n) is 9.55. The number of rotatable bonds is 2. The first-order valence-corrected chi connectivity index (χ1v) is 10.5. The highest BCUT2D eigenvalue weighted by atomic mass is 32.2. The number of piperidine rings is 1. The van der Waals surface area contributed by atoms with Gasteiger partial charge in [0.25, 0.3) is 0 Å². The van der Waals surface area contributed by atoms with Crippen LogP contribution in [-0.4, -0.2) is 42.4 Å². The number of thioether (sulfide) groups is 1. The summed E-state index contributed by atoms with van der Waals surface area (Å²) < 4.78 is 5.48. The highest BCUT2D eigenvalue weighted by Crippen LogP contribution is 2.41. The molecule has 0 bridgehead atoms. The third kappa shape index (κ3) is 3.34. The number of fused-ring (bicyclic) bond motifs is 1. The SMILES string of the molecule is O=C(C1C=C(C2CCOCC2)SC1)N1CCCC2CCCCC21. The molecule has 23 heavy (non-hydrogen) atoms. The van der Waals surface area contributed by atoms with Crippen LogP contribution in [0.15, 0.2) is 11.0 Å². The number of ether oxygens (including phenoxy) is 1. The van der Waals surface area contributed by atoms with Gasteiger partial charge < -0.3 is 9.64 Å². The fourth-order valence-electron chi connectivity index (χ4n) is 4.97. The molecule has 0 spiro atoms. The standard InChI is InChI=1S/C19H29NO2S/c21-19(20-9-3-5-14-4-1-2-6-17(14)20)16-12-18(23-13-16)15-7-10-22-11-8-15/h12,14-17H,1-11,13H2. The molecule has 4 rings (SSSR count). The molecule has 4 heteroatoms. The molecule has 0 aromatic rings. The van der Waals surface area contributed by atoms with Crippen molar-refractivity contribution in [1.82, 2.24) is 4.90 Å². The van der Waals surface area contributed by atoms with Gasteiger partial charge in [-0.2, -0.15) is 0 Å². The molecule has 3 fully saturated rings. The van der Waals surface area contributed by atoms with Gasteiger partial charge in [0.1, 0.15) is 0 Å². The summed E-state index contributed by atoms with van der Waals surface area (Å²) >= 11 is 1.94. The lowest BCUT2D eigenvalue weighted by atomic mass is 9.78. The molecule has 3 heterocycles. The van der Waals surface area contributed by atoms with E-state index in [1.807, 2.05) is 11.8 Å². The molecule has 4 aliphatic rings. The molecule has 3 atom stereocenters. The summed E-state index contributed by atoms with van der Waals surface area (Å²) in [5, 5.41) is 0. The Morgan fingerprint density at radius 1 is 1.09 bits per heavy atom. The summed E-state index contributed by atoms with van der Waals surface area (Å²) in [5.74, 6) is 2.97. The molecule has 0 aromatic carbocycles. The first kappa shape index (κ1) is 16.0. The van der Waals surface area contributed by atoms with Crippen molar-refractivity contribution in [3.63, 3.8) is 0 Å². The van der Waals surface area contributed by atoms with Crippen LogP contribution in [0.25, 0.3) is 0 Å². The van der Waals surface area contributed by atoms with Gasteiger partial charge in [0.2, 0.25) is 5.91 Å². The molecule has 0 radical (unpaired) electrons. The average molecular weight is 336 g/mol. The van der Waals surface area contributed by atoms with E-state index in [9.17, 15) is 4.79 Å². The Labute approximate surface area is 144 Å². The van der Waals surface area contributed by atoms with Crippen molar-refractivity contribution in [3.05, 3.63) is 11.0 Å². The second-order valence-electron chi connectivity index (χ2n) is 7.66. The summed E-state index contributed by atoms with van der Waals surface area (Å²) in [6.45, 7) is 2.77. The predicted octanol–water partition coefficient (Wildman–Crippen LogP) is 3.84. The lowest BCUT2D eigenvalue weighted by Crippen LogP contribution is -2.51. The van der Waals surface area contributed by atoms with Crippen LogP contribution in [0.4, 0.5) is 0 Å². The van der Waals surface area contributed by atoms with E-state index in [-0.39, 0.29) is 5.92 Å². The largest absolute Gasteiger partial charge is 0.381 e. The zero-order valence-corrected chi connectivity index (χ0v) is 14.9. The molecule has 3 nitrogen and oxygen atoms in total. The molecule has 0 N–H and O–H groups in total. The molecular weight excluding hydrogens is 306 g/mol. The van der Waals surface area contributed by atoms with Crippen LogP contribution in [0.1, 0.15) is 51.4 Å². The van der Waals surface area contributed by atoms with Crippen molar-refractivity contribution in [2.45, 2.75) is 57.4 Å². The van der Waals surface area contributed by atoms with E-state index in [1.165, 1.54) is 43.4 Å². The van der Waals surface area contributed by atoms with E-state index in [0.29, 0.717) is 17.9 Å². The minimum absolute atomic E-state index is 0.138. The average Bonchev–Trinajstić information content (AvgIpc) is 3.11. The lowest BCUT2D eigenvalue weighted by Gasteiger charge is -2.44. The van der Waals surface area contributed by atoms with Crippen molar-refractivity contribution >= 4 is 17.7 Å². The van der Waals surface area contributed by atoms with E-state index in [1.54, 1.807) is 0 Å². The Balaban J connectivity index is 1.43. The Morgan fingerprint density at radius 2 is 1.87 bits per heavy atom. The van der Waals surface area contributed by atoms with Crippen LogP contribution < -0.4 is 0 Å². The van der Waals surface area contributed by atoms with Crippen LogP contribution in [0.2, 0.25) is 0 Å². The molecule has 1 amide bonds. The first-order chi connectivity index (χ1) is 11.3.